The van der Waals surface area contributed by atoms with Gasteiger partial charge in [0.2, 0.25) is 0 Å². The number of carbonyl (C=O) groups excluding carboxylic acids is 1. The zero-order chi connectivity index (χ0) is 12.1. The predicted octanol–water partition coefficient (Wildman–Crippen LogP) is 1.31. The van der Waals surface area contributed by atoms with Gasteiger partial charge in [-0.05, 0) is 12.8 Å². The lowest BCUT2D eigenvalue weighted by Gasteiger charge is -2.05. The first-order chi connectivity index (χ1) is 8.31. The molecule has 0 saturated heterocycles. The number of fused-ring (bicyclic) bond motifs is 1. The highest BCUT2D eigenvalue weighted by Crippen LogP contribution is 2.21. The van der Waals surface area contributed by atoms with Gasteiger partial charge in [0.05, 0.1) is 5.75 Å². The molecule has 0 aliphatic carbocycles. The van der Waals surface area contributed by atoms with Crippen LogP contribution in [-0.2, 0) is 22.5 Å². The van der Waals surface area contributed by atoms with Crippen molar-refractivity contribution in [1.82, 2.24) is 14.8 Å². The fourth-order valence-corrected chi connectivity index (χ4v) is 2.74. The van der Waals surface area contributed by atoms with Crippen molar-refractivity contribution in [3.8, 4) is 0 Å². The van der Waals surface area contributed by atoms with Crippen molar-refractivity contribution < 1.29 is 9.53 Å². The van der Waals surface area contributed by atoms with Crippen LogP contribution in [0.25, 0.3) is 0 Å². The van der Waals surface area contributed by atoms with E-state index in [1.54, 1.807) is 0 Å². The SMILES string of the molecule is COCC(=O)CSc1nnc2n1CCCCC2. The molecule has 2 heterocycles. The molecule has 5 nitrogen and oxygen atoms in total. The average molecular weight is 255 g/mol. The number of nitrogens with zero attached hydrogens (tertiary/aromatic N) is 3. The second-order valence-electron chi connectivity index (χ2n) is 4.12. The van der Waals surface area contributed by atoms with E-state index in [-0.39, 0.29) is 12.4 Å². The number of thioether (sulfide) groups is 1. The number of Topliss-reactive ketones (excluding diaryl/α,β-unsaturated/α-hetero) is 1. The lowest BCUT2D eigenvalue weighted by Crippen LogP contribution is -2.10. The van der Waals surface area contributed by atoms with Crippen molar-refractivity contribution >= 4 is 17.5 Å². The Morgan fingerprint density at radius 1 is 1.41 bits per heavy atom. The first-order valence-electron chi connectivity index (χ1n) is 5.87. The number of rotatable bonds is 5. The number of aromatic nitrogens is 3. The van der Waals surface area contributed by atoms with Gasteiger partial charge >= 0.3 is 0 Å². The van der Waals surface area contributed by atoms with Gasteiger partial charge in [0.25, 0.3) is 0 Å². The molecule has 6 heteroatoms. The Labute approximate surface area is 105 Å². The number of aryl methyl sites for hydroxylation is 1. The molecule has 0 spiro atoms. The molecule has 0 aromatic carbocycles. The number of hydrogen-bond donors (Lipinski definition) is 0. The third kappa shape index (κ3) is 3.29. The number of methoxy groups -OCH3 is 1. The largest absolute Gasteiger partial charge is 0.377 e. The molecule has 0 bridgehead atoms. The summed E-state index contributed by atoms with van der Waals surface area (Å²) in [4.78, 5) is 11.4. The lowest BCUT2D eigenvalue weighted by molar-refractivity contribution is -0.120. The van der Waals surface area contributed by atoms with E-state index >= 15 is 0 Å². The molecule has 1 aromatic heterocycles. The Morgan fingerprint density at radius 3 is 3.12 bits per heavy atom. The van der Waals surface area contributed by atoms with Gasteiger partial charge in [-0.3, -0.25) is 4.79 Å². The summed E-state index contributed by atoms with van der Waals surface area (Å²) < 4.78 is 6.95. The van der Waals surface area contributed by atoms with Crippen molar-refractivity contribution in [3.05, 3.63) is 5.82 Å². The Balaban J connectivity index is 1.97. The van der Waals surface area contributed by atoms with Gasteiger partial charge in [-0.25, -0.2) is 0 Å². The topological polar surface area (TPSA) is 57.0 Å². The van der Waals surface area contributed by atoms with Gasteiger partial charge < -0.3 is 9.30 Å². The molecule has 0 fully saturated rings. The van der Waals surface area contributed by atoms with E-state index in [2.05, 4.69) is 14.8 Å². The van der Waals surface area contributed by atoms with Crippen LogP contribution in [0.15, 0.2) is 5.16 Å². The third-order valence-corrected chi connectivity index (χ3v) is 3.77. The van der Waals surface area contributed by atoms with Crippen molar-refractivity contribution in [3.63, 3.8) is 0 Å². The summed E-state index contributed by atoms with van der Waals surface area (Å²) in [6, 6.07) is 0. The highest BCUT2D eigenvalue weighted by atomic mass is 32.2. The van der Waals surface area contributed by atoms with Gasteiger partial charge in [-0.1, -0.05) is 18.2 Å². The number of ether oxygens (including phenoxy) is 1. The molecule has 1 aliphatic heterocycles. The molecule has 1 aromatic rings. The van der Waals surface area contributed by atoms with E-state index in [0.717, 1.165) is 23.9 Å². The second-order valence-corrected chi connectivity index (χ2v) is 5.06. The second kappa shape index (κ2) is 6.16. The van der Waals surface area contributed by atoms with E-state index in [4.69, 9.17) is 4.74 Å². The van der Waals surface area contributed by atoms with Gasteiger partial charge in [0, 0.05) is 20.1 Å². The van der Waals surface area contributed by atoms with Crippen LogP contribution < -0.4 is 0 Å². The van der Waals surface area contributed by atoms with E-state index in [0.29, 0.717) is 5.75 Å². The summed E-state index contributed by atoms with van der Waals surface area (Å²) in [6.07, 6.45) is 4.60. The van der Waals surface area contributed by atoms with Crippen LogP contribution >= 0.6 is 11.8 Å². The molecule has 17 heavy (non-hydrogen) atoms. The summed E-state index contributed by atoms with van der Waals surface area (Å²) >= 11 is 1.46. The van der Waals surface area contributed by atoms with Crippen molar-refractivity contribution in [2.75, 3.05) is 19.5 Å². The first-order valence-corrected chi connectivity index (χ1v) is 6.85. The fourth-order valence-electron chi connectivity index (χ4n) is 1.91. The van der Waals surface area contributed by atoms with E-state index in [9.17, 15) is 4.79 Å². The molecule has 0 atom stereocenters. The van der Waals surface area contributed by atoms with Crippen LogP contribution in [0.1, 0.15) is 25.1 Å². The van der Waals surface area contributed by atoms with Crippen molar-refractivity contribution in [1.29, 1.82) is 0 Å². The summed E-state index contributed by atoms with van der Waals surface area (Å²) in [5, 5.41) is 9.21. The monoisotopic (exact) mass is 255 g/mol. The predicted molar refractivity (Wildman–Crippen MR) is 65.2 cm³/mol. The summed E-state index contributed by atoms with van der Waals surface area (Å²) in [6.45, 7) is 1.15. The molecule has 0 saturated carbocycles. The first kappa shape index (κ1) is 12.6. The van der Waals surface area contributed by atoms with Gasteiger partial charge in [0.15, 0.2) is 10.9 Å². The summed E-state index contributed by atoms with van der Waals surface area (Å²) in [5.41, 5.74) is 0. The number of hydrogen-bond acceptors (Lipinski definition) is 5. The summed E-state index contributed by atoms with van der Waals surface area (Å²) in [7, 11) is 1.53. The maximum Gasteiger partial charge on any atom is 0.191 e. The van der Waals surface area contributed by atoms with Crippen LogP contribution in [0.2, 0.25) is 0 Å². The van der Waals surface area contributed by atoms with Crippen LogP contribution in [0.3, 0.4) is 0 Å². The standard InChI is InChI=1S/C11H17N3O2S/c1-16-7-9(15)8-17-11-13-12-10-5-3-2-4-6-14(10)11/h2-8H2,1H3. The molecule has 2 rings (SSSR count). The molecular formula is C11H17N3O2S. The van der Waals surface area contributed by atoms with Crippen LogP contribution in [0, 0.1) is 0 Å². The molecule has 0 unspecified atom stereocenters. The maximum atomic E-state index is 11.4. The van der Waals surface area contributed by atoms with Crippen molar-refractivity contribution in [2.24, 2.45) is 0 Å². The zero-order valence-corrected chi connectivity index (χ0v) is 10.8. The molecule has 0 amide bonds. The minimum atomic E-state index is 0.0865. The molecule has 94 valence electrons. The zero-order valence-electron chi connectivity index (χ0n) is 10.0. The quantitative estimate of drug-likeness (QED) is 0.743. The van der Waals surface area contributed by atoms with E-state index < -0.39 is 0 Å². The van der Waals surface area contributed by atoms with Crippen LogP contribution in [0.5, 0.6) is 0 Å². The van der Waals surface area contributed by atoms with E-state index in [1.165, 1.54) is 38.1 Å². The number of carbonyl (C=O) groups is 1. The van der Waals surface area contributed by atoms with Crippen molar-refractivity contribution in [2.45, 2.75) is 37.4 Å². The van der Waals surface area contributed by atoms with E-state index in [1.807, 2.05) is 0 Å². The van der Waals surface area contributed by atoms with Crippen LogP contribution in [-0.4, -0.2) is 40.0 Å². The maximum absolute atomic E-state index is 11.4. The molecule has 0 radical (unpaired) electrons. The highest BCUT2D eigenvalue weighted by Gasteiger charge is 2.15. The lowest BCUT2D eigenvalue weighted by atomic mass is 10.2. The Morgan fingerprint density at radius 2 is 2.29 bits per heavy atom. The molecule has 0 N–H and O–H groups in total. The normalized spacial score (nSPS) is 15.4. The van der Waals surface area contributed by atoms with Crippen LogP contribution in [0.4, 0.5) is 0 Å². The molecular weight excluding hydrogens is 238 g/mol. The minimum absolute atomic E-state index is 0.0865. The van der Waals surface area contributed by atoms with Gasteiger partial charge in [-0.15, -0.1) is 10.2 Å². The third-order valence-electron chi connectivity index (χ3n) is 2.74. The minimum Gasteiger partial charge on any atom is -0.377 e. The average Bonchev–Trinajstić information content (AvgIpc) is 2.56. The van der Waals surface area contributed by atoms with Gasteiger partial charge in [0.1, 0.15) is 12.4 Å². The Bertz CT molecular complexity index is 392. The number of ketones is 1. The Kier molecular flexibility index (Phi) is 4.56. The smallest absolute Gasteiger partial charge is 0.191 e. The molecule has 1 aliphatic rings. The highest BCUT2D eigenvalue weighted by molar-refractivity contribution is 7.99. The summed E-state index contributed by atoms with van der Waals surface area (Å²) in [5.74, 6) is 1.55. The van der Waals surface area contributed by atoms with Gasteiger partial charge in [-0.2, -0.15) is 0 Å². The fraction of sp³-hybridized carbons (Fsp3) is 0.727. The Hall–Kier alpha value is -0.880.